The molecule has 1 atom stereocenters. The third-order valence-corrected chi connectivity index (χ3v) is 5.98. The van der Waals surface area contributed by atoms with Crippen LogP contribution in [0.1, 0.15) is 30.1 Å². The lowest BCUT2D eigenvalue weighted by Crippen LogP contribution is -2.41. The molecule has 0 aliphatic carbocycles. The highest BCUT2D eigenvalue weighted by Crippen LogP contribution is 2.29. The number of pyridine rings is 1. The number of rotatable bonds is 4. The number of piperidine rings is 1. The smallest absolute Gasteiger partial charge is 0.244 e. The van der Waals surface area contributed by atoms with E-state index in [9.17, 15) is 4.79 Å². The monoisotopic (exact) mass is 411 g/mol. The second kappa shape index (κ2) is 8.30. The van der Waals surface area contributed by atoms with Gasteiger partial charge in [0.15, 0.2) is 0 Å². The van der Waals surface area contributed by atoms with Crippen molar-refractivity contribution in [1.82, 2.24) is 24.9 Å². The first-order valence-electron chi connectivity index (χ1n) is 10.8. The SMILES string of the molecule is Cc1cc(-c2ccccc2)cc(C2CCCN(C(=O)Cn3nnc4ccccc43)C2)n1. The zero-order chi connectivity index (χ0) is 21.2. The summed E-state index contributed by atoms with van der Waals surface area (Å²) in [6.45, 7) is 3.72. The van der Waals surface area contributed by atoms with Crippen molar-refractivity contribution in [1.29, 1.82) is 0 Å². The number of benzene rings is 2. The highest BCUT2D eigenvalue weighted by Gasteiger charge is 2.26. The van der Waals surface area contributed by atoms with Crippen LogP contribution in [0.25, 0.3) is 22.2 Å². The van der Waals surface area contributed by atoms with Gasteiger partial charge in [-0.05, 0) is 55.2 Å². The van der Waals surface area contributed by atoms with Crippen LogP contribution >= 0.6 is 0 Å². The summed E-state index contributed by atoms with van der Waals surface area (Å²) in [5.74, 6) is 0.323. The first-order chi connectivity index (χ1) is 15.2. The minimum Gasteiger partial charge on any atom is -0.340 e. The Bertz CT molecular complexity index is 1220. The van der Waals surface area contributed by atoms with Gasteiger partial charge in [-0.3, -0.25) is 9.78 Å². The molecule has 31 heavy (non-hydrogen) atoms. The summed E-state index contributed by atoms with van der Waals surface area (Å²) >= 11 is 0. The van der Waals surface area contributed by atoms with Crippen LogP contribution in [0.2, 0.25) is 0 Å². The van der Waals surface area contributed by atoms with Crippen LogP contribution in [0.3, 0.4) is 0 Å². The van der Waals surface area contributed by atoms with E-state index in [4.69, 9.17) is 4.98 Å². The van der Waals surface area contributed by atoms with E-state index in [2.05, 4.69) is 46.7 Å². The van der Waals surface area contributed by atoms with E-state index in [1.165, 1.54) is 11.1 Å². The van der Waals surface area contributed by atoms with Gasteiger partial charge in [-0.2, -0.15) is 0 Å². The third kappa shape index (κ3) is 4.06. The van der Waals surface area contributed by atoms with Crippen LogP contribution in [0, 0.1) is 6.92 Å². The Labute approximate surface area is 181 Å². The van der Waals surface area contributed by atoms with Gasteiger partial charge < -0.3 is 4.90 Å². The number of nitrogens with zero attached hydrogens (tertiary/aromatic N) is 5. The summed E-state index contributed by atoms with van der Waals surface area (Å²) in [7, 11) is 0. The van der Waals surface area contributed by atoms with Crippen molar-refractivity contribution in [2.45, 2.75) is 32.2 Å². The lowest BCUT2D eigenvalue weighted by Gasteiger charge is -2.33. The quantitative estimate of drug-likeness (QED) is 0.505. The average Bonchev–Trinajstić information content (AvgIpc) is 3.22. The fourth-order valence-corrected chi connectivity index (χ4v) is 4.41. The summed E-state index contributed by atoms with van der Waals surface area (Å²) in [5.41, 5.74) is 6.15. The molecule has 6 heteroatoms. The van der Waals surface area contributed by atoms with Gasteiger partial charge in [0.25, 0.3) is 0 Å². The Balaban J connectivity index is 1.34. The number of carbonyl (C=O) groups excluding carboxylic acids is 1. The highest BCUT2D eigenvalue weighted by molar-refractivity contribution is 5.80. The van der Waals surface area contributed by atoms with Gasteiger partial charge in [-0.15, -0.1) is 5.10 Å². The number of hydrogen-bond donors (Lipinski definition) is 0. The molecule has 2 aromatic carbocycles. The van der Waals surface area contributed by atoms with Crippen LogP contribution < -0.4 is 0 Å². The lowest BCUT2D eigenvalue weighted by atomic mass is 9.92. The van der Waals surface area contributed by atoms with Crippen LogP contribution in [0.4, 0.5) is 0 Å². The van der Waals surface area contributed by atoms with Gasteiger partial charge >= 0.3 is 0 Å². The zero-order valence-corrected chi connectivity index (χ0v) is 17.6. The molecule has 1 fully saturated rings. The number of aryl methyl sites for hydroxylation is 1. The van der Waals surface area contributed by atoms with Gasteiger partial charge in [0, 0.05) is 30.4 Å². The molecule has 0 bridgehead atoms. The number of fused-ring (bicyclic) bond motifs is 1. The molecule has 0 spiro atoms. The molecular formula is C25H25N5O. The molecule has 1 amide bonds. The summed E-state index contributed by atoms with van der Waals surface area (Å²) in [6.07, 6.45) is 2.02. The normalized spacial score (nSPS) is 16.5. The second-order valence-corrected chi connectivity index (χ2v) is 8.20. The molecule has 0 radical (unpaired) electrons. The average molecular weight is 412 g/mol. The maximum absolute atomic E-state index is 13.1. The first-order valence-corrected chi connectivity index (χ1v) is 10.8. The molecule has 4 aromatic rings. The van der Waals surface area contributed by atoms with Crippen LogP contribution in [0.5, 0.6) is 0 Å². The van der Waals surface area contributed by atoms with Gasteiger partial charge in [-0.1, -0.05) is 47.7 Å². The highest BCUT2D eigenvalue weighted by atomic mass is 16.2. The van der Waals surface area contributed by atoms with Crippen LogP contribution in [-0.2, 0) is 11.3 Å². The standard InChI is InChI=1S/C25H25N5O/c1-18-14-21(19-8-3-2-4-9-19)15-23(26-18)20-10-7-13-29(16-20)25(31)17-30-24-12-6-5-11-22(24)27-28-30/h2-6,8-9,11-12,14-15,20H,7,10,13,16-17H2,1H3. The zero-order valence-electron chi connectivity index (χ0n) is 17.6. The van der Waals surface area contributed by atoms with Gasteiger partial charge in [0.2, 0.25) is 5.91 Å². The number of para-hydroxylation sites is 1. The van der Waals surface area contributed by atoms with E-state index in [0.29, 0.717) is 6.54 Å². The minimum absolute atomic E-state index is 0.0799. The Hall–Kier alpha value is -3.54. The fraction of sp³-hybridized carbons (Fsp3) is 0.280. The predicted octanol–water partition coefficient (Wildman–Crippen LogP) is 4.21. The Morgan fingerprint density at radius 2 is 1.84 bits per heavy atom. The number of carbonyl (C=O) groups is 1. The van der Waals surface area contributed by atoms with Crippen LogP contribution in [-0.4, -0.2) is 43.9 Å². The lowest BCUT2D eigenvalue weighted by molar-refractivity contribution is -0.133. The topological polar surface area (TPSA) is 63.9 Å². The molecule has 3 heterocycles. The summed E-state index contributed by atoms with van der Waals surface area (Å²) in [6, 6.07) is 22.4. The summed E-state index contributed by atoms with van der Waals surface area (Å²) < 4.78 is 1.69. The number of aromatic nitrogens is 4. The van der Waals surface area contributed by atoms with Crippen LogP contribution in [0.15, 0.2) is 66.7 Å². The molecule has 0 N–H and O–H groups in total. The minimum atomic E-state index is 0.0799. The number of likely N-dealkylation sites (tertiary alicyclic amines) is 1. The van der Waals surface area contributed by atoms with Crippen molar-refractivity contribution in [2.24, 2.45) is 0 Å². The predicted molar refractivity (Wildman–Crippen MR) is 120 cm³/mol. The Morgan fingerprint density at radius 3 is 2.71 bits per heavy atom. The molecule has 1 unspecified atom stereocenters. The molecule has 156 valence electrons. The number of amides is 1. The van der Waals surface area contributed by atoms with Gasteiger partial charge in [0.1, 0.15) is 12.1 Å². The maximum atomic E-state index is 13.1. The Kier molecular flexibility index (Phi) is 5.20. The first kappa shape index (κ1) is 19.4. The van der Waals surface area contributed by atoms with Crippen molar-refractivity contribution < 1.29 is 4.79 Å². The third-order valence-electron chi connectivity index (χ3n) is 5.98. The Morgan fingerprint density at radius 1 is 1.03 bits per heavy atom. The van der Waals surface area contributed by atoms with E-state index in [1.54, 1.807) is 4.68 Å². The molecule has 0 saturated carbocycles. The molecule has 1 aliphatic rings. The second-order valence-electron chi connectivity index (χ2n) is 8.20. The summed E-state index contributed by atoms with van der Waals surface area (Å²) in [4.78, 5) is 19.8. The van der Waals surface area contributed by atoms with E-state index in [-0.39, 0.29) is 18.4 Å². The van der Waals surface area contributed by atoms with Crippen molar-refractivity contribution in [3.8, 4) is 11.1 Å². The van der Waals surface area contributed by atoms with E-state index in [0.717, 1.165) is 41.8 Å². The van der Waals surface area contributed by atoms with E-state index in [1.807, 2.05) is 42.2 Å². The molecule has 1 aliphatic heterocycles. The number of hydrogen-bond acceptors (Lipinski definition) is 4. The van der Waals surface area contributed by atoms with Crippen molar-refractivity contribution in [3.63, 3.8) is 0 Å². The van der Waals surface area contributed by atoms with Crippen molar-refractivity contribution in [2.75, 3.05) is 13.1 Å². The molecule has 5 rings (SSSR count). The van der Waals surface area contributed by atoms with Crippen molar-refractivity contribution in [3.05, 3.63) is 78.1 Å². The van der Waals surface area contributed by atoms with Gasteiger partial charge in [0.05, 0.1) is 5.52 Å². The molecule has 6 nitrogen and oxygen atoms in total. The fourth-order valence-electron chi connectivity index (χ4n) is 4.41. The van der Waals surface area contributed by atoms with Gasteiger partial charge in [-0.25, -0.2) is 4.68 Å². The molecule has 2 aromatic heterocycles. The van der Waals surface area contributed by atoms with Crippen molar-refractivity contribution >= 4 is 16.9 Å². The molecule has 1 saturated heterocycles. The largest absolute Gasteiger partial charge is 0.340 e. The maximum Gasteiger partial charge on any atom is 0.244 e. The molecular weight excluding hydrogens is 386 g/mol. The van der Waals surface area contributed by atoms with E-state index >= 15 is 0 Å². The summed E-state index contributed by atoms with van der Waals surface area (Å²) in [5, 5.41) is 8.33. The van der Waals surface area contributed by atoms with E-state index < -0.39 is 0 Å².